The Morgan fingerprint density at radius 2 is 2.12 bits per heavy atom. The highest BCUT2D eigenvalue weighted by atomic mass is 16.1. The summed E-state index contributed by atoms with van der Waals surface area (Å²) >= 11 is 0. The van der Waals surface area contributed by atoms with Crippen LogP contribution in [-0.2, 0) is 6.42 Å². The maximum Gasteiger partial charge on any atom is 0.175 e. The zero-order valence-electron chi connectivity index (χ0n) is 9.33. The van der Waals surface area contributed by atoms with Gasteiger partial charge in [-0.2, -0.15) is 10.2 Å². The minimum Gasteiger partial charge on any atom is -0.294 e. The van der Waals surface area contributed by atoms with E-state index >= 15 is 0 Å². The summed E-state index contributed by atoms with van der Waals surface area (Å²) in [5, 5.41) is 12.1. The van der Waals surface area contributed by atoms with Crippen molar-refractivity contribution in [2.75, 3.05) is 0 Å². The van der Waals surface area contributed by atoms with E-state index in [-0.39, 0.29) is 5.78 Å². The van der Waals surface area contributed by atoms with Crippen LogP contribution in [0.1, 0.15) is 35.3 Å². The van der Waals surface area contributed by atoms with Crippen molar-refractivity contribution in [1.82, 2.24) is 20.0 Å². The van der Waals surface area contributed by atoms with Crippen LogP contribution < -0.4 is 0 Å². The molecule has 17 heavy (non-hydrogen) atoms. The summed E-state index contributed by atoms with van der Waals surface area (Å²) < 4.78 is 1.73. The number of nitrogens with zero attached hydrogens (tertiary/aromatic N) is 4. The minimum atomic E-state index is 0.188. The summed E-state index contributed by atoms with van der Waals surface area (Å²) in [6, 6.07) is 3.66. The molecule has 1 aliphatic rings. The van der Waals surface area contributed by atoms with Gasteiger partial charge in [0.15, 0.2) is 11.6 Å². The van der Waals surface area contributed by atoms with Gasteiger partial charge in [0.05, 0.1) is 17.5 Å². The molecule has 2 aromatic heterocycles. The molecule has 5 heteroatoms. The fourth-order valence-corrected chi connectivity index (χ4v) is 2.16. The average molecular weight is 228 g/mol. The van der Waals surface area contributed by atoms with E-state index in [1.807, 2.05) is 12.1 Å². The quantitative estimate of drug-likeness (QED) is 0.695. The van der Waals surface area contributed by atoms with Gasteiger partial charge in [0.2, 0.25) is 0 Å². The lowest BCUT2D eigenvalue weighted by atomic mass is 10.1. The van der Waals surface area contributed by atoms with Crippen molar-refractivity contribution in [3.05, 3.63) is 35.8 Å². The van der Waals surface area contributed by atoms with Crippen molar-refractivity contribution < 1.29 is 4.79 Å². The number of Topliss-reactive ketones (excluding diaryl/α,β-unsaturated/α-hetero) is 1. The van der Waals surface area contributed by atoms with Crippen molar-refractivity contribution in [2.24, 2.45) is 0 Å². The molecular weight excluding hydrogens is 216 g/mol. The molecule has 1 aliphatic carbocycles. The molecule has 3 rings (SSSR count). The first-order valence-electron chi connectivity index (χ1n) is 5.74. The minimum absolute atomic E-state index is 0.188. The fourth-order valence-electron chi connectivity index (χ4n) is 2.16. The third-order valence-electron chi connectivity index (χ3n) is 3.01. The molecule has 0 atom stereocenters. The van der Waals surface area contributed by atoms with E-state index in [0.29, 0.717) is 12.2 Å². The van der Waals surface area contributed by atoms with Crippen LogP contribution in [0.3, 0.4) is 0 Å². The Labute approximate surface area is 98.5 Å². The third kappa shape index (κ3) is 1.73. The third-order valence-corrected chi connectivity index (χ3v) is 3.01. The van der Waals surface area contributed by atoms with E-state index in [1.54, 1.807) is 17.1 Å². The SMILES string of the molecule is O=C1CCCCc2c1cnn2-c1cccnn1. The molecule has 0 spiro atoms. The second-order valence-corrected chi connectivity index (χ2v) is 4.13. The zero-order valence-corrected chi connectivity index (χ0v) is 9.33. The summed E-state index contributed by atoms with van der Waals surface area (Å²) in [5.74, 6) is 0.857. The van der Waals surface area contributed by atoms with E-state index in [4.69, 9.17) is 0 Å². The number of carbonyl (C=O) groups is 1. The lowest BCUT2D eigenvalue weighted by Crippen LogP contribution is -2.06. The van der Waals surface area contributed by atoms with Crippen LogP contribution >= 0.6 is 0 Å². The number of rotatable bonds is 1. The van der Waals surface area contributed by atoms with E-state index in [2.05, 4.69) is 15.3 Å². The van der Waals surface area contributed by atoms with Gasteiger partial charge in [-0.1, -0.05) is 0 Å². The van der Waals surface area contributed by atoms with Crippen LogP contribution in [0.5, 0.6) is 0 Å². The lowest BCUT2D eigenvalue weighted by Gasteiger charge is -2.04. The van der Waals surface area contributed by atoms with Crippen molar-refractivity contribution >= 4 is 5.78 Å². The van der Waals surface area contributed by atoms with Gasteiger partial charge < -0.3 is 0 Å². The number of fused-ring (bicyclic) bond motifs is 1. The molecule has 0 unspecified atom stereocenters. The fraction of sp³-hybridized carbons (Fsp3) is 0.333. The standard InChI is InChI=1S/C12H12N4O/c17-11-5-2-1-4-10-9(11)8-14-16(10)12-6-3-7-13-15-12/h3,6-8H,1-2,4-5H2. The first-order valence-corrected chi connectivity index (χ1v) is 5.74. The molecule has 2 heterocycles. The average Bonchev–Trinajstić information content (AvgIpc) is 2.71. The molecule has 0 aliphatic heterocycles. The number of aromatic nitrogens is 4. The summed E-state index contributed by atoms with van der Waals surface area (Å²) in [4.78, 5) is 11.9. The van der Waals surface area contributed by atoms with Gasteiger partial charge in [0.25, 0.3) is 0 Å². The number of carbonyl (C=O) groups excluding carboxylic acids is 1. The Balaban J connectivity index is 2.11. The number of hydrogen-bond donors (Lipinski definition) is 0. The largest absolute Gasteiger partial charge is 0.294 e. The monoisotopic (exact) mass is 228 g/mol. The molecule has 0 bridgehead atoms. The van der Waals surface area contributed by atoms with E-state index in [9.17, 15) is 4.79 Å². The highest BCUT2D eigenvalue weighted by Crippen LogP contribution is 2.21. The maximum atomic E-state index is 11.9. The molecular formula is C12H12N4O. The van der Waals surface area contributed by atoms with Gasteiger partial charge in [-0.25, -0.2) is 4.68 Å². The van der Waals surface area contributed by atoms with Gasteiger partial charge in [0, 0.05) is 12.6 Å². The van der Waals surface area contributed by atoms with E-state index in [1.165, 1.54) is 0 Å². The second kappa shape index (κ2) is 4.08. The molecule has 2 aromatic rings. The predicted molar refractivity (Wildman–Crippen MR) is 61.0 cm³/mol. The predicted octanol–water partition coefficient (Wildman–Crippen LogP) is 1.57. The molecule has 0 saturated heterocycles. The van der Waals surface area contributed by atoms with Gasteiger partial charge >= 0.3 is 0 Å². The van der Waals surface area contributed by atoms with Gasteiger partial charge in [-0.05, 0) is 31.4 Å². The molecule has 0 amide bonds. The maximum absolute atomic E-state index is 11.9. The summed E-state index contributed by atoms with van der Waals surface area (Å²) in [5.41, 5.74) is 1.71. The molecule has 0 radical (unpaired) electrons. The Hall–Kier alpha value is -2.04. The van der Waals surface area contributed by atoms with Crippen molar-refractivity contribution in [1.29, 1.82) is 0 Å². The number of ketones is 1. The molecule has 0 fully saturated rings. The number of hydrogen-bond acceptors (Lipinski definition) is 4. The summed E-state index contributed by atoms with van der Waals surface area (Å²) in [7, 11) is 0. The van der Waals surface area contributed by atoms with Crippen molar-refractivity contribution in [3.63, 3.8) is 0 Å². The highest BCUT2D eigenvalue weighted by Gasteiger charge is 2.21. The van der Waals surface area contributed by atoms with Crippen LogP contribution in [0.25, 0.3) is 5.82 Å². The van der Waals surface area contributed by atoms with E-state index < -0.39 is 0 Å². The molecule has 0 N–H and O–H groups in total. The van der Waals surface area contributed by atoms with Gasteiger partial charge in [0.1, 0.15) is 0 Å². The van der Waals surface area contributed by atoms with E-state index in [0.717, 1.165) is 30.5 Å². The van der Waals surface area contributed by atoms with Crippen molar-refractivity contribution in [2.45, 2.75) is 25.7 Å². The summed E-state index contributed by atoms with van der Waals surface area (Å²) in [6.45, 7) is 0. The van der Waals surface area contributed by atoms with Crippen LogP contribution in [-0.4, -0.2) is 25.8 Å². The lowest BCUT2D eigenvalue weighted by molar-refractivity contribution is 0.0982. The molecule has 0 aromatic carbocycles. The van der Waals surface area contributed by atoms with Crippen LogP contribution in [0.15, 0.2) is 24.5 Å². The topological polar surface area (TPSA) is 60.7 Å². The smallest absolute Gasteiger partial charge is 0.175 e. The first kappa shape index (κ1) is 10.1. The Morgan fingerprint density at radius 1 is 1.24 bits per heavy atom. The zero-order chi connectivity index (χ0) is 11.7. The molecule has 86 valence electrons. The Morgan fingerprint density at radius 3 is 2.94 bits per heavy atom. The highest BCUT2D eigenvalue weighted by molar-refractivity contribution is 5.97. The van der Waals surface area contributed by atoms with Gasteiger partial charge in [-0.3, -0.25) is 4.79 Å². The first-order chi connectivity index (χ1) is 8.36. The molecule has 5 nitrogen and oxygen atoms in total. The Bertz CT molecular complexity index is 547. The van der Waals surface area contributed by atoms with Gasteiger partial charge in [-0.15, -0.1) is 5.10 Å². The van der Waals surface area contributed by atoms with Crippen LogP contribution in [0, 0.1) is 0 Å². The second-order valence-electron chi connectivity index (χ2n) is 4.13. The molecule has 0 saturated carbocycles. The van der Waals surface area contributed by atoms with Crippen molar-refractivity contribution in [3.8, 4) is 5.82 Å². The normalized spacial score (nSPS) is 15.4. The van der Waals surface area contributed by atoms with Crippen LogP contribution in [0.4, 0.5) is 0 Å². The summed E-state index contributed by atoms with van der Waals surface area (Å²) in [6.07, 6.45) is 6.74. The van der Waals surface area contributed by atoms with Crippen LogP contribution in [0.2, 0.25) is 0 Å². The Kier molecular flexibility index (Phi) is 2.44.